The number of rotatable bonds is 5. The number of carbonyl (C=O) groups excluding carboxylic acids is 1. The molecule has 1 aromatic heterocycles. The van der Waals surface area contributed by atoms with Crippen LogP contribution in [-0.2, 0) is 0 Å². The van der Waals surface area contributed by atoms with Crippen molar-refractivity contribution in [2.45, 2.75) is 26.2 Å². The lowest BCUT2D eigenvalue weighted by Gasteiger charge is -2.22. The van der Waals surface area contributed by atoms with Crippen molar-refractivity contribution in [1.29, 1.82) is 0 Å². The van der Waals surface area contributed by atoms with Crippen LogP contribution in [0.2, 0.25) is 0 Å². The van der Waals surface area contributed by atoms with Crippen molar-refractivity contribution >= 4 is 5.91 Å². The van der Waals surface area contributed by atoms with Gasteiger partial charge in [0.2, 0.25) is 0 Å². The number of aromatic nitrogens is 2. The average molecular weight is 326 g/mol. The van der Waals surface area contributed by atoms with Gasteiger partial charge in [-0.15, -0.1) is 0 Å². The zero-order valence-corrected chi connectivity index (χ0v) is 14.4. The van der Waals surface area contributed by atoms with Gasteiger partial charge in [-0.2, -0.15) is 0 Å². The zero-order chi connectivity index (χ0) is 16.8. The fraction of sp³-hybridized carbons (Fsp3) is 0.474. The van der Waals surface area contributed by atoms with Crippen LogP contribution in [0.3, 0.4) is 0 Å². The SMILES string of the molecule is CCCCN1CCCN(C(=O)c2ccc(-n3ccnc3)cc2)CC1. The smallest absolute Gasteiger partial charge is 0.253 e. The first kappa shape index (κ1) is 16.7. The summed E-state index contributed by atoms with van der Waals surface area (Å²) in [6.07, 6.45) is 8.93. The first-order chi connectivity index (χ1) is 11.8. The number of hydrogen-bond donors (Lipinski definition) is 0. The van der Waals surface area contributed by atoms with Gasteiger partial charge in [0.25, 0.3) is 5.91 Å². The molecule has 1 aliphatic rings. The van der Waals surface area contributed by atoms with Crippen molar-refractivity contribution in [3.63, 3.8) is 0 Å². The number of benzene rings is 1. The minimum atomic E-state index is 0.143. The third kappa shape index (κ3) is 4.03. The molecule has 0 saturated carbocycles. The summed E-state index contributed by atoms with van der Waals surface area (Å²) >= 11 is 0. The highest BCUT2D eigenvalue weighted by Gasteiger charge is 2.20. The summed E-state index contributed by atoms with van der Waals surface area (Å²) in [5, 5.41) is 0. The Kier molecular flexibility index (Phi) is 5.64. The maximum atomic E-state index is 12.8. The minimum absolute atomic E-state index is 0.143. The summed E-state index contributed by atoms with van der Waals surface area (Å²) in [4.78, 5) is 21.3. The van der Waals surface area contributed by atoms with Crippen LogP contribution in [-0.4, -0.2) is 58.0 Å². The van der Waals surface area contributed by atoms with Crippen molar-refractivity contribution in [3.8, 4) is 5.69 Å². The Hall–Kier alpha value is -2.14. The summed E-state index contributed by atoms with van der Waals surface area (Å²) in [5.74, 6) is 0.143. The molecule has 0 spiro atoms. The Morgan fingerprint density at radius 3 is 2.67 bits per heavy atom. The molecule has 24 heavy (non-hydrogen) atoms. The summed E-state index contributed by atoms with van der Waals surface area (Å²) in [6, 6.07) is 7.77. The first-order valence-electron chi connectivity index (χ1n) is 8.88. The maximum absolute atomic E-state index is 12.8. The van der Waals surface area contributed by atoms with E-state index in [0.29, 0.717) is 0 Å². The molecule has 0 N–H and O–H groups in total. The van der Waals surface area contributed by atoms with Gasteiger partial charge < -0.3 is 14.4 Å². The zero-order valence-electron chi connectivity index (χ0n) is 14.4. The van der Waals surface area contributed by atoms with Crippen LogP contribution in [0.25, 0.3) is 5.69 Å². The van der Waals surface area contributed by atoms with Crippen LogP contribution >= 0.6 is 0 Å². The Labute approximate surface area is 143 Å². The lowest BCUT2D eigenvalue weighted by atomic mass is 10.1. The van der Waals surface area contributed by atoms with E-state index in [1.807, 2.05) is 39.9 Å². The Balaban J connectivity index is 1.61. The molecule has 0 unspecified atom stereocenters. The largest absolute Gasteiger partial charge is 0.337 e. The lowest BCUT2D eigenvalue weighted by Crippen LogP contribution is -2.35. The van der Waals surface area contributed by atoms with E-state index >= 15 is 0 Å². The number of hydrogen-bond acceptors (Lipinski definition) is 3. The predicted molar refractivity (Wildman–Crippen MR) is 95.4 cm³/mol. The molecule has 1 saturated heterocycles. The third-order valence-corrected chi connectivity index (χ3v) is 4.62. The van der Waals surface area contributed by atoms with E-state index in [-0.39, 0.29) is 5.91 Å². The molecule has 1 aliphatic heterocycles. The second-order valence-corrected chi connectivity index (χ2v) is 6.36. The van der Waals surface area contributed by atoms with E-state index in [1.165, 1.54) is 12.8 Å². The quantitative estimate of drug-likeness (QED) is 0.848. The fourth-order valence-corrected chi connectivity index (χ4v) is 3.15. The average Bonchev–Trinajstić information content (AvgIpc) is 3.06. The van der Waals surface area contributed by atoms with E-state index in [4.69, 9.17) is 0 Å². The molecule has 0 aliphatic carbocycles. The molecule has 1 aromatic carbocycles. The Morgan fingerprint density at radius 2 is 1.96 bits per heavy atom. The molecule has 0 atom stereocenters. The van der Waals surface area contributed by atoms with Crippen molar-refractivity contribution in [1.82, 2.24) is 19.4 Å². The van der Waals surface area contributed by atoms with E-state index in [1.54, 1.807) is 12.5 Å². The maximum Gasteiger partial charge on any atom is 0.253 e. The molecule has 128 valence electrons. The second kappa shape index (κ2) is 8.11. The van der Waals surface area contributed by atoms with Gasteiger partial charge in [0.15, 0.2) is 0 Å². The Bertz CT molecular complexity index is 636. The van der Waals surface area contributed by atoms with Gasteiger partial charge in [0.1, 0.15) is 0 Å². The van der Waals surface area contributed by atoms with Crippen LogP contribution in [0.15, 0.2) is 43.0 Å². The number of unbranched alkanes of at least 4 members (excludes halogenated alkanes) is 1. The predicted octanol–water partition coefficient (Wildman–Crippen LogP) is 2.82. The van der Waals surface area contributed by atoms with Gasteiger partial charge in [-0.05, 0) is 50.2 Å². The number of amides is 1. The summed E-state index contributed by atoms with van der Waals surface area (Å²) in [7, 11) is 0. The van der Waals surface area contributed by atoms with E-state index in [9.17, 15) is 4.79 Å². The molecule has 3 rings (SSSR count). The highest BCUT2D eigenvalue weighted by atomic mass is 16.2. The van der Waals surface area contributed by atoms with Crippen molar-refractivity contribution in [2.75, 3.05) is 32.7 Å². The van der Waals surface area contributed by atoms with Crippen LogP contribution in [0.1, 0.15) is 36.5 Å². The molecule has 2 aromatic rings. The van der Waals surface area contributed by atoms with Crippen LogP contribution in [0.5, 0.6) is 0 Å². The van der Waals surface area contributed by atoms with E-state index in [2.05, 4.69) is 16.8 Å². The molecule has 1 fully saturated rings. The third-order valence-electron chi connectivity index (χ3n) is 4.62. The van der Waals surface area contributed by atoms with E-state index in [0.717, 1.165) is 50.4 Å². The van der Waals surface area contributed by atoms with Crippen LogP contribution < -0.4 is 0 Å². The molecule has 0 bridgehead atoms. The van der Waals surface area contributed by atoms with Crippen molar-refractivity contribution in [3.05, 3.63) is 48.5 Å². The topological polar surface area (TPSA) is 41.4 Å². The number of carbonyl (C=O) groups is 1. The molecule has 5 nitrogen and oxygen atoms in total. The summed E-state index contributed by atoms with van der Waals surface area (Å²) in [5.41, 5.74) is 1.78. The molecule has 5 heteroatoms. The van der Waals surface area contributed by atoms with Gasteiger partial charge in [0, 0.05) is 43.3 Å². The fourth-order valence-electron chi connectivity index (χ4n) is 3.15. The number of imidazole rings is 1. The molecular formula is C19H26N4O. The molecule has 2 heterocycles. The Morgan fingerprint density at radius 1 is 1.12 bits per heavy atom. The number of nitrogens with zero attached hydrogens (tertiary/aromatic N) is 4. The standard InChI is InChI=1S/C19H26N4O/c1-2-3-10-21-11-4-12-22(15-14-21)19(24)17-5-7-18(8-6-17)23-13-9-20-16-23/h5-9,13,16H,2-4,10-12,14-15H2,1H3. The first-order valence-corrected chi connectivity index (χ1v) is 8.88. The molecule has 1 amide bonds. The van der Waals surface area contributed by atoms with Crippen molar-refractivity contribution in [2.24, 2.45) is 0 Å². The monoisotopic (exact) mass is 326 g/mol. The minimum Gasteiger partial charge on any atom is -0.337 e. The lowest BCUT2D eigenvalue weighted by molar-refractivity contribution is 0.0761. The molecule has 0 radical (unpaired) electrons. The highest BCUT2D eigenvalue weighted by Crippen LogP contribution is 2.13. The van der Waals surface area contributed by atoms with Gasteiger partial charge in [-0.1, -0.05) is 13.3 Å². The van der Waals surface area contributed by atoms with Gasteiger partial charge in [-0.25, -0.2) is 4.98 Å². The van der Waals surface area contributed by atoms with Crippen LogP contribution in [0.4, 0.5) is 0 Å². The van der Waals surface area contributed by atoms with Crippen LogP contribution in [0, 0.1) is 0 Å². The van der Waals surface area contributed by atoms with Gasteiger partial charge in [0.05, 0.1) is 6.33 Å². The van der Waals surface area contributed by atoms with E-state index < -0.39 is 0 Å². The summed E-state index contributed by atoms with van der Waals surface area (Å²) in [6.45, 7) is 7.14. The molecular weight excluding hydrogens is 300 g/mol. The van der Waals surface area contributed by atoms with Gasteiger partial charge >= 0.3 is 0 Å². The van der Waals surface area contributed by atoms with Crippen molar-refractivity contribution < 1.29 is 4.79 Å². The van der Waals surface area contributed by atoms with Gasteiger partial charge in [-0.3, -0.25) is 4.79 Å². The normalized spacial score (nSPS) is 16.1. The highest BCUT2D eigenvalue weighted by molar-refractivity contribution is 5.94. The second-order valence-electron chi connectivity index (χ2n) is 6.36. The summed E-state index contributed by atoms with van der Waals surface area (Å²) < 4.78 is 1.94.